The van der Waals surface area contributed by atoms with Gasteiger partial charge in [0.1, 0.15) is 0 Å². The molecule has 33 heavy (non-hydrogen) atoms. The molecule has 0 heterocycles. The molecule has 0 aromatic heterocycles. The van der Waals surface area contributed by atoms with Crippen LogP contribution in [0.1, 0.15) is 11.1 Å². The Kier molecular flexibility index (Phi) is 8.29. The van der Waals surface area contributed by atoms with Crippen molar-refractivity contribution < 1.29 is 22.8 Å². The molecule has 0 aliphatic carbocycles. The van der Waals surface area contributed by atoms with Crippen molar-refractivity contribution in [2.24, 2.45) is 0 Å². The molecule has 0 bridgehead atoms. The minimum absolute atomic E-state index is 0.0139. The van der Waals surface area contributed by atoms with Gasteiger partial charge < -0.3 is 10.6 Å². The van der Waals surface area contributed by atoms with Gasteiger partial charge in [-0.05, 0) is 60.2 Å². The highest BCUT2D eigenvalue weighted by Gasteiger charge is 2.31. The molecule has 2 amide bonds. The van der Waals surface area contributed by atoms with Gasteiger partial charge in [-0.1, -0.05) is 35.3 Å². The van der Waals surface area contributed by atoms with E-state index in [4.69, 9.17) is 23.2 Å². The molecule has 0 atom stereocenters. The predicted octanol–water partition coefficient (Wildman–Crippen LogP) is 6.92. The Balaban J connectivity index is 1.50. The number of nitrogens with one attached hydrogen (secondary N) is 2. The summed E-state index contributed by atoms with van der Waals surface area (Å²) in [6.45, 7) is 0. The first-order chi connectivity index (χ1) is 15.6. The van der Waals surface area contributed by atoms with Crippen molar-refractivity contribution in [2.75, 3.05) is 16.4 Å². The number of benzene rings is 3. The number of anilines is 2. The number of alkyl halides is 3. The first-order valence-corrected chi connectivity index (χ1v) is 11.3. The van der Waals surface area contributed by atoms with Crippen LogP contribution in [0.25, 0.3) is 0 Å². The van der Waals surface area contributed by atoms with Crippen molar-refractivity contribution in [2.45, 2.75) is 17.5 Å². The topological polar surface area (TPSA) is 58.2 Å². The summed E-state index contributed by atoms with van der Waals surface area (Å²) in [5.74, 6) is -0.717. The lowest BCUT2D eigenvalue weighted by molar-refractivity contribution is -0.137. The number of rotatable bonds is 7. The standard InChI is InChI=1S/C23H17Cl2F3N2O2S/c24-16-4-1-14(2-5-16)11-21(31)29-17-6-8-18(9-7-17)33-13-22(32)30-20-12-15(23(26,27)28)3-10-19(20)25/h1-10,12H,11,13H2,(H,29,31)(H,30,32). The predicted molar refractivity (Wildman–Crippen MR) is 126 cm³/mol. The Morgan fingerprint density at radius 1 is 0.848 bits per heavy atom. The molecule has 3 aromatic rings. The summed E-state index contributed by atoms with van der Waals surface area (Å²) < 4.78 is 38.6. The largest absolute Gasteiger partial charge is 0.416 e. The molecule has 0 aliphatic heterocycles. The Hall–Kier alpha value is -2.68. The molecule has 2 N–H and O–H groups in total. The van der Waals surface area contributed by atoms with E-state index < -0.39 is 17.6 Å². The zero-order valence-corrected chi connectivity index (χ0v) is 19.2. The number of amides is 2. The minimum atomic E-state index is -4.54. The monoisotopic (exact) mass is 512 g/mol. The molecule has 4 nitrogen and oxygen atoms in total. The second-order valence-corrected chi connectivity index (χ2v) is 8.80. The molecule has 0 unspecified atom stereocenters. The third-order valence-corrected chi connectivity index (χ3v) is 5.95. The van der Waals surface area contributed by atoms with E-state index in [1.165, 1.54) is 11.8 Å². The van der Waals surface area contributed by atoms with E-state index in [1.807, 2.05) is 0 Å². The third-order valence-electron chi connectivity index (χ3n) is 4.35. The number of carbonyl (C=O) groups excluding carboxylic acids is 2. The normalized spacial score (nSPS) is 11.2. The van der Waals surface area contributed by atoms with Crippen LogP contribution in [0.3, 0.4) is 0 Å². The Bertz CT molecular complexity index is 1140. The number of hydrogen-bond acceptors (Lipinski definition) is 3. The van der Waals surface area contributed by atoms with Crippen molar-refractivity contribution in [1.29, 1.82) is 0 Å². The number of halogens is 5. The SMILES string of the molecule is O=C(Cc1ccc(Cl)cc1)Nc1ccc(SCC(=O)Nc2cc(C(F)(F)F)ccc2Cl)cc1. The van der Waals surface area contributed by atoms with Gasteiger partial charge in [-0.15, -0.1) is 11.8 Å². The summed E-state index contributed by atoms with van der Waals surface area (Å²) >= 11 is 12.9. The fraction of sp³-hybridized carbons (Fsp3) is 0.130. The molecule has 3 rings (SSSR count). The van der Waals surface area contributed by atoms with Crippen LogP contribution in [-0.2, 0) is 22.2 Å². The third kappa shape index (κ3) is 7.70. The molecule has 3 aromatic carbocycles. The van der Waals surface area contributed by atoms with Gasteiger partial charge in [0.25, 0.3) is 0 Å². The van der Waals surface area contributed by atoms with Gasteiger partial charge in [-0.3, -0.25) is 9.59 Å². The number of thioether (sulfide) groups is 1. The Morgan fingerprint density at radius 3 is 2.15 bits per heavy atom. The second kappa shape index (κ2) is 11.0. The molecular formula is C23H17Cl2F3N2O2S. The van der Waals surface area contributed by atoms with Gasteiger partial charge in [-0.25, -0.2) is 0 Å². The van der Waals surface area contributed by atoms with E-state index in [0.717, 1.165) is 28.7 Å². The van der Waals surface area contributed by atoms with Gasteiger partial charge in [0.05, 0.1) is 28.4 Å². The summed E-state index contributed by atoms with van der Waals surface area (Å²) in [5.41, 5.74) is 0.425. The molecule has 0 spiro atoms. The van der Waals surface area contributed by atoms with Crippen LogP contribution < -0.4 is 10.6 Å². The highest BCUT2D eigenvalue weighted by molar-refractivity contribution is 8.00. The van der Waals surface area contributed by atoms with Crippen LogP contribution in [0.5, 0.6) is 0 Å². The first kappa shape index (κ1) is 25.0. The molecule has 0 fully saturated rings. The van der Waals surface area contributed by atoms with Gasteiger partial charge in [0, 0.05) is 15.6 Å². The summed E-state index contributed by atoms with van der Waals surface area (Å²) in [6, 6.07) is 16.6. The maximum atomic E-state index is 12.9. The van der Waals surface area contributed by atoms with E-state index in [1.54, 1.807) is 48.5 Å². The van der Waals surface area contributed by atoms with Gasteiger partial charge >= 0.3 is 6.18 Å². The van der Waals surface area contributed by atoms with E-state index in [-0.39, 0.29) is 28.8 Å². The molecule has 0 aliphatic rings. The number of carbonyl (C=O) groups is 2. The van der Waals surface area contributed by atoms with Crippen molar-refractivity contribution in [3.8, 4) is 0 Å². The molecule has 0 radical (unpaired) electrons. The second-order valence-electron chi connectivity index (χ2n) is 6.91. The van der Waals surface area contributed by atoms with Crippen molar-refractivity contribution in [3.63, 3.8) is 0 Å². The summed E-state index contributed by atoms with van der Waals surface area (Å²) in [6.07, 6.45) is -4.34. The van der Waals surface area contributed by atoms with E-state index in [2.05, 4.69) is 10.6 Å². The fourth-order valence-electron chi connectivity index (χ4n) is 2.76. The van der Waals surface area contributed by atoms with E-state index in [9.17, 15) is 22.8 Å². The van der Waals surface area contributed by atoms with Gasteiger partial charge in [-0.2, -0.15) is 13.2 Å². The Labute approximate surface area is 202 Å². The summed E-state index contributed by atoms with van der Waals surface area (Å²) in [4.78, 5) is 25.1. The molecule has 172 valence electrons. The number of hydrogen-bond donors (Lipinski definition) is 2. The average molecular weight is 513 g/mol. The van der Waals surface area contributed by atoms with Crippen LogP contribution in [0.2, 0.25) is 10.0 Å². The molecule has 0 saturated heterocycles. The van der Waals surface area contributed by atoms with Crippen LogP contribution in [0.15, 0.2) is 71.6 Å². The quantitative estimate of drug-likeness (QED) is 0.337. The van der Waals surface area contributed by atoms with Gasteiger partial charge in [0.2, 0.25) is 11.8 Å². The lowest BCUT2D eigenvalue weighted by Crippen LogP contribution is -2.15. The lowest BCUT2D eigenvalue weighted by Gasteiger charge is -2.11. The minimum Gasteiger partial charge on any atom is -0.326 e. The summed E-state index contributed by atoms with van der Waals surface area (Å²) in [7, 11) is 0. The highest BCUT2D eigenvalue weighted by atomic mass is 35.5. The van der Waals surface area contributed by atoms with E-state index in [0.29, 0.717) is 10.7 Å². The van der Waals surface area contributed by atoms with E-state index >= 15 is 0 Å². The Morgan fingerprint density at radius 2 is 1.52 bits per heavy atom. The lowest BCUT2D eigenvalue weighted by atomic mass is 10.1. The van der Waals surface area contributed by atoms with Crippen LogP contribution >= 0.6 is 35.0 Å². The molecule has 10 heteroatoms. The van der Waals surface area contributed by atoms with Crippen molar-refractivity contribution in [1.82, 2.24) is 0 Å². The van der Waals surface area contributed by atoms with Crippen molar-refractivity contribution in [3.05, 3.63) is 87.9 Å². The maximum absolute atomic E-state index is 12.9. The fourth-order valence-corrected chi connectivity index (χ4v) is 3.75. The zero-order valence-electron chi connectivity index (χ0n) is 16.9. The smallest absolute Gasteiger partial charge is 0.326 e. The van der Waals surface area contributed by atoms with Crippen LogP contribution in [-0.4, -0.2) is 17.6 Å². The van der Waals surface area contributed by atoms with Gasteiger partial charge in [0.15, 0.2) is 0 Å². The first-order valence-electron chi connectivity index (χ1n) is 9.54. The molecule has 0 saturated carbocycles. The molecular weight excluding hydrogens is 496 g/mol. The van der Waals surface area contributed by atoms with Crippen molar-refractivity contribution >= 4 is 58.2 Å². The highest BCUT2D eigenvalue weighted by Crippen LogP contribution is 2.34. The average Bonchev–Trinajstić information content (AvgIpc) is 2.75. The zero-order chi connectivity index (χ0) is 24.0. The summed E-state index contributed by atoms with van der Waals surface area (Å²) in [5, 5.41) is 5.80. The van der Waals surface area contributed by atoms with Crippen LogP contribution in [0.4, 0.5) is 24.5 Å². The van der Waals surface area contributed by atoms with Crippen LogP contribution in [0, 0.1) is 0 Å². The maximum Gasteiger partial charge on any atom is 0.416 e.